The summed E-state index contributed by atoms with van der Waals surface area (Å²) in [5.41, 5.74) is -0.505. The van der Waals surface area contributed by atoms with Gasteiger partial charge in [-0.15, -0.1) is 0 Å². The van der Waals surface area contributed by atoms with Crippen LogP contribution in [-0.4, -0.2) is 53.5 Å². The third kappa shape index (κ3) is 6.25. The summed E-state index contributed by atoms with van der Waals surface area (Å²) < 4.78 is 5.38. The second-order valence-electron chi connectivity index (χ2n) is 6.77. The second kappa shape index (κ2) is 6.57. The van der Waals surface area contributed by atoms with Gasteiger partial charge < -0.3 is 20.1 Å². The fourth-order valence-electron chi connectivity index (χ4n) is 2.23. The van der Waals surface area contributed by atoms with Gasteiger partial charge >= 0.3 is 6.09 Å². The molecule has 0 radical (unpaired) electrons. The van der Waals surface area contributed by atoms with Gasteiger partial charge in [-0.2, -0.15) is 0 Å². The number of β-amino-alcohol motifs (C(OH)–C–C–N with tert-alkyl or cyclic N) is 1. The molecule has 1 aliphatic rings. The summed E-state index contributed by atoms with van der Waals surface area (Å²) in [5, 5.41) is 13.2. The summed E-state index contributed by atoms with van der Waals surface area (Å²) in [6.07, 6.45) is 0.0973. The third-order valence-corrected chi connectivity index (χ3v) is 2.92. The van der Waals surface area contributed by atoms with Crippen LogP contribution in [0.2, 0.25) is 0 Å². The number of aliphatic hydroxyl groups excluding tert-OH is 1. The molecule has 1 aliphatic heterocycles. The van der Waals surface area contributed by atoms with Gasteiger partial charge in [0.05, 0.1) is 12.6 Å². The molecule has 0 aromatic rings. The number of hydrogen-bond donors (Lipinski definition) is 2. The Labute approximate surface area is 116 Å². The van der Waals surface area contributed by atoms with Gasteiger partial charge in [0.2, 0.25) is 0 Å². The molecule has 5 nitrogen and oxygen atoms in total. The van der Waals surface area contributed by atoms with Crippen LogP contribution in [-0.2, 0) is 4.74 Å². The van der Waals surface area contributed by atoms with E-state index in [1.807, 2.05) is 20.8 Å². The van der Waals surface area contributed by atoms with Crippen LogP contribution in [0.4, 0.5) is 4.79 Å². The Bertz CT molecular complexity index is 300. The van der Waals surface area contributed by atoms with E-state index in [9.17, 15) is 9.90 Å². The van der Waals surface area contributed by atoms with E-state index in [2.05, 4.69) is 19.2 Å². The molecule has 0 unspecified atom stereocenters. The minimum Gasteiger partial charge on any atom is -0.444 e. The van der Waals surface area contributed by atoms with Crippen molar-refractivity contribution in [2.75, 3.05) is 19.6 Å². The standard InChI is InChI=1S/C14H28N2O3/c1-10(2)6-11-8-16(9-12(17)7-15-11)13(18)19-14(3,4)5/h10-12,15,17H,6-9H2,1-5H3/t11-,12+/m0/s1. The summed E-state index contributed by atoms with van der Waals surface area (Å²) in [7, 11) is 0. The van der Waals surface area contributed by atoms with Crippen LogP contribution < -0.4 is 5.32 Å². The molecule has 0 aromatic carbocycles. The predicted octanol–water partition coefficient (Wildman–Crippen LogP) is 1.60. The fourth-order valence-corrected chi connectivity index (χ4v) is 2.23. The monoisotopic (exact) mass is 272 g/mol. The van der Waals surface area contributed by atoms with Crippen LogP contribution in [0.3, 0.4) is 0 Å². The first-order chi connectivity index (χ1) is 8.67. The summed E-state index contributed by atoms with van der Waals surface area (Å²) >= 11 is 0. The lowest BCUT2D eigenvalue weighted by molar-refractivity contribution is 0.0172. The molecule has 1 saturated heterocycles. The Morgan fingerprint density at radius 3 is 2.58 bits per heavy atom. The number of hydrogen-bond acceptors (Lipinski definition) is 4. The molecule has 1 amide bonds. The topological polar surface area (TPSA) is 61.8 Å². The molecular weight excluding hydrogens is 244 g/mol. The number of nitrogens with one attached hydrogen (secondary N) is 1. The first-order valence-corrected chi connectivity index (χ1v) is 7.06. The number of carbonyl (C=O) groups excluding carboxylic acids is 1. The van der Waals surface area contributed by atoms with Gasteiger partial charge in [0.1, 0.15) is 5.60 Å². The zero-order chi connectivity index (χ0) is 14.6. The minimum absolute atomic E-state index is 0.213. The fraction of sp³-hybridized carbons (Fsp3) is 0.929. The quantitative estimate of drug-likeness (QED) is 0.801. The normalized spacial score (nSPS) is 25.3. The largest absolute Gasteiger partial charge is 0.444 e. The lowest BCUT2D eigenvalue weighted by Crippen LogP contribution is -2.43. The van der Waals surface area contributed by atoms with E-state index in [1.165, 1.54) is 0 Å². The smallest absolute Gasteiger partial charge is 0.410 e. The molecule has 19 heavy (non-hydrogen) atoms. The molecule has 5 heteroatoms. The van der Waals surface area contributed by atoms with E-state index in [0.29, 0.717) is 25.6 Å². The zero-order valence-corrected chi connectivity index (χ0v) is 12.8. The van der Waals surface area contributed by atoms with Crippen LogP contribution in [0.15, 0.2) is 0 Å². The van der Waals surface area contributed by atoms with Crippen molar-refractivity contribution in [1.82, 2.24) is 10.2 Å². The van der Waals surface area contributed by atoms with Crippen molar-refractivity contribution < 1.29 is 14.6 Å². The molecule has 0 saturated carbocycles. The van der Waals surface area contributed by atoms with Crippen LogP contribution in [0.5, 0.6) is 0 Å². The Hall–Kier alpha value is -0.810. The Morgan fingerprint density at radius 1 is 1.42 bits per heavy atom. The van der Waals surface area contributed by atoms with Gasteiger partial charge in [-0.3, -0.25) is 0 Å². The highest BCUT2D eigenvalue weighted by Gasteiger charge is 2.29. The highest BCUT2D eigenvalue weighted by atomic mass is 16.6. The predicted molar refractivity (Wildman–Crippen MR) is 75.1 cm³/mol. The molecule has 0 spiro atoms. The van der Waals surface area contributed by atoms with E-state index >= 15 is 0 Å². The maximum atomic E-state index is 12.1. The highest BCUT2D eigenvalue weighted by Crippen LogP contribution is 2.14. The number of nitrogens with zero attached hydrogens (tertiary/aromatic N) is 1. The van der Waals surface area contributed by atoms with E-state index in [4.69, 9.17) is 4.74 Å². The first-order valence-electron chi connectivity index (χ1n) is 7.06. The SMILES string of the molecule is CC(C)C[C@H]1CN(C(=O)OC(C)(C)C)C[C@H](O)CN1. The average molecular weight is 272 g/mol. The number of rotatable bonds is 2. The van der Waals surface area contributed by atoms with E-state index in [1.54, 1.807) is 4.90 Å². The van der Waals surface area contributed by atoms with Crippen molar-refractivity contribution in [2.45, 2.75) is 58.8 Å². The molecule has 112 valence electrons. The third-order valence-electron chi connectivity index (χ3n) is 2.92. The lowest BCUT2D eigenvalue weighted by atomic mass is 10.0. The van der Waals surface area contributed by atoms with Crippen molar-refractivity contribution in [3.63, 3.8) is 0 Å². The molecule has 2 N–H and O–H groups in total. The van der Waals surface area contributed by atoms with Crippen LogP contribution in [0.25, 0.3) is 0 Å². The van der Waals surface area contributed by atoms with Crippen molar-refractivity contribution in [2.24, 2.45) is 5.92 Å². The number of carbonyl (C=O) groups is 1. The summed E-state index contributed by atoms with van der Waals surface area (Å²) in [4.78, 5) is 13.7. The molecular formula is C14H28N2O3. The van der Waals surface area contributed by atoms with Crippen molar-refractivity contribution in [3.05, 3.63) is 0 Å². The van der Waals surface area contributed by atoms with E-state index < -0.39 is 11.7 Å². The van der Waals surface area contributed by atoms with Gasteiger partial charge in [-0.1, -0.05) is 13.8 Å². The van der Waals surface area contributed by atoms with Crippen LogP contribution in [0.1, 0.15) is 41.0 Å². The Balaban J connectivity index is 2.65. The van der Waals surface area contributed by atoms with Gasteiger partial charge in [0.25, 0.3) is 0 Å². The number of aliphatic hydroxyl groups is 1. The van der Waals surface area contributed by atoms with Gasteiger partial charge in [-0.05, 0) is 33.1 Å². The Kier molecular flexibility index (Phi) is 5.62. The first kappa shape index (κ1) is 16.2. The molecule has 0 bridgehead atoms. The van der Waals surface area contributed by atoms with Gasteiger partial charge in [0.15, 0.2) is 0 Å². The van der Waals surface area contributed by atoms with Gasteiger partial charge in [-0.25, -0.2) is 4.79 Å². The lowest BCUT2D eigenvalue weighted by Gasteiger charge is -2.29. The summed E-state index contributed by atoms with van der Waals surface area (Å²) in [6, 6.07) is 0.213. The molecule has 0 aromatic heterocycles. The molecule has 1 fully saturated rings. The van der Waals surface area contributed by atoms with Crippen molar-refractivity contribution >= 4 is 6.09 Å². The number of amides is 1. The van der Waals surface area contributed by atoms with Crippen LogP contribution in [0, 0.1) is 5.92 Å². The minimum atomic E-state index is -0.537. The summed E-state index contributed by atoms with van der Waals surface area (Å²) in [5.74, 6) is 0.549. The molecule has 2 atom stereocenters. The molecule has 0 aliphatic carbocycles. The van der Waals surface area contributed by atoms with Crippen molar-refractivity contribution in [3.8, 4) is 0 Å². The van der Waals surface area contributed by atoms with E-state index in [-0.39, 0.29) is 12.1 Å². The number of ether oxygens (including phenoxy) is 1. The van der Waals surface area contributed by atoms with Gasteiger partial charge in [0, 0.05) is 19.1 Å². The Morgan fingerprint density at radius 2 is 2.05 bits per heavy atom. The molecule has 1 rings (SSSR count). The maximum Gasteiger partial charge on any atom is 0.410 e. The summed E-state index contributed by atoms with van der Waals surface area (Å²) in [6.45, 7) is 11.3. The van der Waals surface area contributed by atoms with Crippen molar-refractivity contribution in [1.29, 1.82) is 0 Å². The average Bonchev–Trinajstić information content (AvgIpc) is 2.38. The molecule has 1 heterocycles. The second-order valence-corrected chi connectivity index (χ2v) is 6.77. The van der Waals surface area contributed by atoms with Crippen LogP contribution >= 0.6 is 0 Å². The highest BCUT2D eigenvalue weighted by molar-refractivity contribution is 5.68. The maximum absolute atomic E-state index is 12.1. The zero-order valence-electron chi connectivity index (χ0n) is 12.8. The van der Waals surface area contributed by atoms with E-state index in [0.717, 1.165) is 6.42 Å².